The van der Waals surface area contributed by atoms with Gasteiger partial charge in [0, 0.05) is 36.9 Å². The third kappa shape index (κ3) is 4.56. The van der Waals surface area contributed by atoms with Crippen LogP contribution in [0, 0.1) is 0 Å². The van der Waals surface area contributed by atoms with Crippen molar-refractivity contribution < 1.29 is 4.79 Å². The molecule has 7 heteroatoms. The minimum Gasteiger partial charge on any atom is -0.369 e. The van der Waals surface area contributed by atoms with Gasteiger partial charge in [0.2, 0.25) is 5.91 Å². The minimum absolute atomic E-state index is 0.116. The van der Waals surface area contributed by atoms with E-state index in [0.29, 0.717) is 22.6 Å². The molecule has 1 heterocycles. The number of rotatable bonds is 7. The van der Waals surface area contributed by atoms with E-state index in [9.17, 15) is 14.4 Å². The smallest absolute Gasteiger partial charge is 0.328 e. The highest BCUT2D eigenvalue weighted by molar-refractivity contribution is 5.91. The predicted octanol–water partition coefficient (Wildman–Crippen LogP) is 2.95. The first-order valence-corrected chi connectivity index (χ1v) is 9.79. The Bertz CT molecular complexity index is 1110. The number of carbonyl (C=O) groups excluding carboxylic acids is 1. The van der Waals surface area contributed by atoms with Crippen molar-refractivity contribution in [2.75, 3.05) is 16.8 Å². The minimum atomic E-state index is -0.515. The molecule has 0 radical (unpaired) electrons. The van der Waals surface area contributed by atoms with Crippen molar-refractivity contribution in [2.24, 2.45) is 0 Å². The number of fused-ring (bicyclic) bond motifs is 1. The Morgan fingerprint density at radius 1 is 1.10 bits per heavy atom. The molecule has 0 aliphatic rings. The molecule has 0 aliphatic heterocycles. The third-order valence-corrected chi connectivity index (χ3v) is 4.91. The maximum Gasteiger partial charge on any atom is 0.328 e. The summed E-state index contributed by atoms with van der Waals surface area (Å²) in [5, 5.41) is 3.28. The first-order valence-electron chi connectivity index (χ1n) is 9.79. The lowest BCUT2D eigenvalue weighted by molar-refractivity contribution is -0.116. The summed E-state index contributed by atoms with van der Waals surface area (Å²) in [6.45, 7) is 7.48. The highest BCUT2D eigenvalue weighted by atomic mass is 16.2. The molecule has 0 atom stereocenters. The van der Waals surface area contributed by atoms with E-state index >= 15 is 0 Å². The molecule has 0 spiro atoms. The molecule has 2 N–H and O–H groups in total. The van der Waals surface area contributed by atoms with Gasteiger partial charge in [-0.2, -0.15) is 0 Å². The fraction of sp³-hybridized carbons (Fsp3) is 0.318. The maximum absolute atomic E-state index is 12.4. The first kappa shape index (κ1) is 20.4. The highest BCUT2D eigenvalue weighted by Crippen LogP contribution is 2.20. The topological polar surface area (TPSA) is 87.2 Å². The van der Waals surface area contributed by atoms with E-state index in [1.165, 1.54) is 4.57 Å². The van der Waals surface area contributed by atoms with Gasteiger partial charge in [-0.3, -0.25) is 19.1 Å². The molecule has 7 nitrogen and oxygen atoms in total. The lowest BCUT2D eigenvalue weighted by Crippen LogP contribution is -2.31. The summed E-state index contributed by atoms with van der Waals surface area (Å²) < 4.78 is 1.42. The quantitative estimate of drug-likeness (QED) is 0.645. The first-order chi connectivity index (χ1) is 13.9. The Hall–Kier alpha value is -3.35. The lowest BCUT2D eigenvalue weighted by atomic mass is 10.2. The number of aromatic amines is 1. The summed E-state index contributed by atoms with van der Waals surface area (Å²) in [6.07, 6.45) is 0.116. The van der Waals surface area contributed by atoms with Gasteiger partial charge >= 0.3 is 5.69 Å². The van der Waals surface area contributed by atoms with Crippen LogP contribution in [-0.2, 0) is 11.3 Å². The number of hydrogen-bond acceptors (Lipinski definition) is 4. The predicted molar refractivity (Wildman–Crippen MR) is 117 cm³/mol. The van der Waals surface area contributed by atoms with Gasteiger partial charge in [0.25, 0.3) is 5.56 Å². The van der Waals surface area contributed by atoms with Gasteiger partial charge in [0.15, 0.2) is 0 Å². The summed E-state index contributed by atoms with van der Waals surface area (Å²) in [4.78, 5) is 41.0. The van der Waals surface area contributed by atoms with Crippen molar-refractivity contribution in [1.82, 2.24) is 9.55 Å². The number of amides is 1. The molecule has 152 valence electrons. The fourth-order valence-corrected chi connectivity index (χ4v) is 3.48. The van der Waals surface area contributed by atoms with Crippen molar-refractivity contribution >= 4 is 28.2 Å². The van der Waals surface area contributed by atoms with Crippen LogP contribution < -0.4 is 21.5 Å². The standard InChI is InChI=1S/C22H26N4O3/c1-4-25(15(2)3)17-11-9-16(10-12-17)23-20(27)13-14-26-19-8-6-5-7-18(19)21(28)24-22(26)29/h5-12,15H,4,13-14H2,1-3H3,(H,23,27)(H,24,28,29). The zero-order valence-corrected chi connectivity index (χ0v) is 16.9. The summed E-state index contributed by atoms with van der Waals surface area (Å²) in [7, 11) is 0. The normalized spacial score (nSPS) is 11.0. The zero-order chi connectivity index (χ0) is 21.0. The van der Waals surface area contributed by atoms with Gasteiger partial charge < -0.3 is 10.2 Å². The Kier molecular flexibility index (Phi) is 6.16. The van der Waals surface area contributed by atoms with Crippen molar-refractivity contribution in [2.45, 2.75) is 39.8 Å². The lowest BCUT2D eigenvalue weighted by Gasteiger charge is -2.27. The molecule has 3 aromatic rings. The van der Waals surface area contributed by atoms with Crippen LogP contribution >= 0.6 is 0 Å². The van der Waals surface area contributed by atoms with E-state index in [0.717, 1.165) is 12.2 Å². The zero-order valence-electron chi connectivity index (χ0n) is 16.9. The molecule has 0 saturated carbocycles. The largest absolute Gasteiger partial charge is 0.369 e. The van der Waals surface area contributed by atoms with Crippen molar-refractivity contribution in [1.29, 1.82) is 0 Å². The van der Waals surface area contributed by atoms with Crippen LogP contribution in [0.5, 0.6) is 0 Å². The van der Waals surface area contributed by atoms with Crippen LogP contribution in [0.25, 0.3) is 10.9 Å². The summed E-state index contributed by atoms with van der Waals surface area (Å²) in [6, 6.07) is 15.0. The second kappa shape index (κ2) is 8.77. The van der Waals surface area contributed by atoms with Gasteiger partial charge in [-0.1, -0.05) is 12.1 Å². The second-order valence-electron chi connectivity index (χ2n) is 7.15. The summed E-state index contributed by atoms with van der Waals surface area (Å²) in [5.41, 5.74) is 1.39. The van der Waals surface area contributed by atoms with Gasteiger partial charge in [-0.15, -0.1) is 0 Å². The Morgan fingerprint density at radius 3 is 2.45 bits per heavy atom. The molecule has 29 heavy (non-hydrogen) atoms. The molecule has 0 aliphatic carbocycles. The van der Waals surface area contributed by atoms with Crippen molar-refractivity contribution in [3.8, 4) is 0 Å². The van der Waals surface area contributed by atoms with Crippen molar-refractivity contribution in [3.05, 3.63) is 69.4 Å². The Morgan fingerprint density at radius 2 is 1.79 bits per heavy atom. The highest BCUT2D eigenvalue weighted by Gasteiger charge is 2.11. The molecule has 3 rings (SSSR count). The maximum atomic E-state index is 12.4. The van der Waals surface area contributed by atoms with Crippen LogP contribution in [-0.4, -0.2) is 28.0 Å². The van der Waals surface area contributed by atoms with Crippen LogP contribution in [0.1, 0.15) is 27.2 Å². The molecule has 0 saturated heterocycles. The fourth-order valence-electron chi connectivity index (χ4n) is 3.48. The van der Waals surface area contributed by atoms with E-state index in [1.807, 2.05) is 24.3 Å². The van der Waals surface area contributed by atoms with Crippen LogP contribution in [0.3, 0.4) is 0 Å². The number of para-hydroxylation sites is 1. The van der Waals surface area contributed by atoms with Crippen LogP contribution in [0.2, 0.25) is 0 Å². The van der Waals surface area contributed by atoms with Crippen LogP contribution in [0.15, 0.2) is 58.1 Å². The molecule has 2 aromatic carbocycles. The number of H-pyrrole nitrogens is 1. The molecule has 0 unspecified atom stereocenters. The van der Waals surface area contributed by atoms with E-state index in [2.05, 4.69) is 36.0 Å². The average molecular weight is 394 g/mol. The van der Waals surface area contributed by atoms with Gasteiger partial charge in [-0.25, -0.2) is 4.79 Å². The van der Waals surface area contributed by atoms with Crippen molar-refractivity contribution in [3.63, 3.8) is 0 Å². The summed E-state index contributed by atoms with van der Waals surface area (Å²) >= 11 is 0. The number of hydrogen-bond donors (Lipinski definition) is 2. The molecule has 1 amide bonds. The molecular formula is C22H26N4O3. The number of carbonyl (C=O) groups is 1. The number of aryl methyl sites for hydroxylation is 1. The van der Waals surface area contributed by atoms with E-state index < -0.39 is 11.2 Å². The second-order valence-corrected chi connectivity index (χ2v) is 7.15. The SMILES string of the molecule is CCN(c1ccc(NC(=O)CCn2c(=O)[nH]c(=O)c3ccccc32)cc1)C(C)C. The molecule has 0 fully saturated rings. The number of nitrogens with zero attached hydrogens (tertiary/aromatic N) is 2. The third-order valence-electron chi connectivity index (χ3n) is 4.91. The number of aromatic nitrogens is 2. The number of benzene rings is 2. The Balaban J connectivity index is 1.69. The number of nitrogens with one attached hydrogen (secondary N) is 2. The van der Waals surface area contributed by atoms with E-state index in [1.54, 1.807) is 24.3 Å². The summed E-state index contributed by atoms with van der Waals surface area (Å²) in [5.74, 6) is -0.198. The molecule has 1 aromatic heterocycles. The van der Waals surface area contributed by atoms with E-state index in [4.69, 9.17) is 0 Å². The van der Waals surface area contributed by atoms with Gasteiger partial charge in [0.1, 0.15) is 0 Å². The number of anilines is 2. The van der Waals surface area contributed by atoms with Gasteiger partial charge in [0.05, 0.1) is 10.9 Å². The Labute approximate surface area is 169 Å². The monoisotopic (exact) mass is 394 g/mol. The van der Waals surface area contributed by atoms with Gasteiger partial charge in [-0.05, 0) is 57.2 Å². The van der Waals surface area contributed by atoms with E-state index in [-0.39, 0.29) is 18.9 Å². The molecule has 0 bridgehead atoms. The average Bonchev–Trinajstić information content (AvgIpc) is 2.69. The van der Waals surface area contributed by atoms with Crippen LogP contribution in [0.4, 0.5) is 11.4 Å². The molecular weight excluding hydrogens is 368 g/mol.